The Bertz CT molecular complexity index is 785. The average molecular weight is 376 g/mol. The largest absolute Gasteiger partial charge is 0.399 e. The highest BCUT2D eigenvalue weighted by Crippen LogP contribution is 2.20. The number of nitrogens with one attached hydrogen (secondary N) is 1. The number of hydrogen-bond donors (Lipinski definition) is 2. The first-order valence-electron chi connectivity index (χ1n) is 8.35. The molecule has 0 saturated heterocycles. The molecule has 2 aromatic carbocycles. The number of anilines is 2. The lowest BCUT2D eigenvalue weighted by molar-refractivity contribution is -0.116. The molecule has 140 valence electrons. The molecule has 0 aliphatic rings. The number of halogens is 1. The Balaban J connectivity index is 0.00000338. The second-order valence-corrected chi connectivity index (χ2v) is 6.21. The Morgan fingerprint density at radius 2 is 1.65 bits per heavy atom. The molecule has 26 heavy (non-hydrogen) atoms. The van der Waals surface area contributed by atoms with Crippen molar-refractivity contribution in [1.82, 2.24) is 4.90 Å². The summed E-state index contributed by atoms with van der Waals surface area (Å²) >= 11 is 0. The molecule has 0 fully saturated rings. The number of aryl methyl sites for hydroxylation is 3. The van der Waals surface area contributed by atoms with E-state index in [1.807, 2.05) is 52.0 Å². The van der Waals surface area contributed by atoms with Crippen LogP contribution in [0.4, 0.5) is 11.4 Å². The van der Waals surface area contributed by atoms with E-state index in [2.05, 4.69) is 5.32 Å². The number of nitrogens with two attached hydrogens (primary N) is 1. The summed E-state index contributed by atoms with van der Waals surface area (Å²) in [6.07, 6.45) is 0. The number of hydrogen-bond acceptors (Lipinski definition) is 3. The average Bonchev–Trinajstić information content (AvgIpc) is 2.57. The predicted molar refractivity (Wildman–Crippen MR) is 109 cm³/mol. The van der Waals surface area contributed by atoms with Gasteiger partial charge in [0.05, 0.1) is 0 Å². The maximum absolute atomic E-state index is 12.8. The summed E-state index contributed by atoms with van der Waals surface area (Å²) in [5.74, 6) is -0.405. The van der Waals surface area contributed by atoms with E-state index in [1.54, 1.807) is 12.1 Å². The first-order valence-corrected chi connectivity index (χ1v) is 8.35. The van der Waals surface area contributed by atoms with Crippen LogP contribution in [0, 0.1) is 20.8 Å². The maximum Gasteiger partial charge on any atom is 0.254 e. The highest BCUT2D eigenvalue weighted by molar-refractivity contribution is 6.01. The topological polar surface area (TPSA) is 75.4 Å². The Morgan fingerprint density at radius 3 is 2.23 bits per heavy atom. The summed E-state index contributed by atoms with van der Waals surface area (Å²) < 4.78 is 0. The molecule has 0 aromatic heterocycles. The van der Waals surface area contributed by atoms with Gasteiger partial charge in [0.15, 0.2) is 0 Å². The molecule has 0 unspecified atom stereocenters. The molecule has 0 aliphatic carbocycles. The van der Waals surface area contributed by atoms with Crippen LogP contribution in [0.15, 0.2) is 36.4 Å². The van der Waals surface area contributed by atoms with Gasteiger partial charge in [0.25, 0.3) is 5.91 Å². The zero-order chi connectivity index (χ0) is 18.6. The van der Waals surface area contributed by atoms with Crippen molar-refractivity contribution in [1.29, 1.82) is 0 Å². The summed E-state index contributed by atoms with van der Waals surface area (Å²) in [5.41, 5.74) is 10.5. The molecule has 0 atom stereocenters. The molecule has 0 saturated carbocycles. The molecule has 3 N–H and O–H groups in total. The van der Waals surface area contributed by atoms with Crippen molar-refractivity contribution in [3.8, 4) is 0 Å². The maximum atomic E-state index is 12.8. The number of rotatable bonds is 5. The molecular formula is C20H26ClN3O2. The summed E-state index contributed by atoms with van der Waals surface area (Å²) in [6, 6.07) is 11.1. The summed E-state index contributed by atoms with van der Waals surface area (Å²) in [6.45, 7) is 8.04. The first kappa shape index (κ1) is 21.5. The van der Waals surface area contributed by atoms with Crippen LogP contribution in [0.2, 0.25) is 0 Å². The number of carbonyl (C=O) groups is 2. The Kier molecular flexibility index (Phi) is 7.65. The van der Waals surface area contributed by atoms with Crippen LogP contribution in [-0.4, -0.2) is 29.8 Å². The van der Waals surface area contributed by atoms with Gasteiger partial charge in [-0.05, 0) is 56.5 Å². The lowest BCUT2D eigenvalue weighted by Crippen LogP contribution is -2.38. The van der Waals surface area contributed by atoms with E-state index in [9.17, 15) is 9.59 Å². The van der Waals surface area contributed by atoms with E-state index in [1.165, 1.54) is 4.90 Å². The van der Waals surface area contributed by atoms with Crippen LogP contribution >= 0.6 is 12.4 Å². The smallest absolute Gasteiger partial charge is 0.254 e. The minimum absolute atomic E-state index is 0. The van der Waals surface area contributed by atoms with Crippen molar-refractivity contribution >= 4 is 35.6 Å². The molecule has 6 heteroatoms. The minimum atomic E-state index is -0.214. The van der Waals surface area contributed by atoms with Crippen LogP contribution in [0.5, 0.6) is 0 Å². The highest BCUT2D eigenvalue weighted by Gasteiger charge is 2.20. The molecule has 2 rings (SSSR count). The van der Waals surface area contributed by atoms with Crippen molar-refractivity contribution in [2.24, 2.45) is 0 Å². The first-order chi connectivity index (χ1) is 11.8. The number of likely N-dealkylation sites (N-methyl/N-ethyl adjacent to an activating group) is 1. The normalized spacial score (nSPS) is 10.0. The summed E-state index contributed by atoms with van der Waals surface area (Å²) in [5, 5.41) is 2.92. The number of amides is 2. The third-order valence-corrected chi connectivity index (χ3v) is 4.24. The molecule has 2 aromatic rings. The van der Waals surface area contributed by atoms with Gasteiger partial charge < -0.3 is 16.0 Å². The molecule has 2 amide bonds. The van der Waals surface area contributed by atoms with Gasteiger partial charge in [-0.2, -0.15) is 0 Å². The fraction of sp³-hybridized carbons (Fsp3) is 0.300. The van der Waals surface area contributed by atoms with Gasteiger partial charge in [0, 0.05) is 23.5 Å². The minimum Gasteiger partial charge on any atom is -0.399 e. The van der Waals surface area contributed by atoms with Gasteiger partial charge in [-0.1, -0.05) is 24.3 Å². The van der Waals surface area contributed by atoms with Crippen molar-refractivity contribution in [2.75, 3.05) is 24.1 Å². The van der Waals surface area contributed by atoms with E-state index in [0.717, 1.165) is 22.4 Å². The Hall–Kier alpha value is -2.53. The lowest BCUT2D eigenvalue weighted by Gasteiger charge is -2.22. The molecular weight excluding hydrogens is 350 g/mol. The molecule has 0 aliphatic heterocycles. The third-order valence-electron chi connectivity index (χ3n) is 4.24. The highest BCUT2D eigenvalue weighted by atomic mass is 35.5. The van der Waals surface area contributed by atoms with Gasteiger partial charge in [-0.3, -0.25) is 9.59 Å². The number of nitrogen functional groups attached to an aromatic ring is 1. The number of benzene rings is 2. The van der Waals surface area contributed by atoms with Gasteiger partial charge in [-0.15, -0.1) is 12.4 Å². The number of carbonyl (C=O) groups excluding carboxylic acids is 2. The fourth-order valence-corrected chi connectivity index (χ4v) is 2.73. The van der Waals surface area contributed by atoms with Crippen molar-refractivity contribution < 1.29 is 9.59 Å². The Labute approximate surface area is 161 Å². The second kappa shape index (κ2) is 9.25. The van der Waals surface area contributed by atoms with E-state index in [-0.39, 0.29) is 30.8 Å². The van der Waals surface area contributed by atoms with Crippen LogP contribution < -0.4 is 11.1 Å². The zero-order valence-electron chi connectivity index (χ0n) is 15.6. The fourth-order valence-electron chi connectivity index (χ4n) is 2.73. The van der Waals surface area contributed by atoms with Crippen LogP contribution in [0.3, 0.4) is 0 Å². The van der Waals surface area contributed by atoms with Crippen LogP contribution in [-0.2, 0) is 4.79 Å². The van der Waals surface area contributed by atoms with Gasteiger partial charge in [0.1, 0.15) is 6.54 Å². The number of para-hydroxylation sites is 1. The summed E-state index contributed by atoms with van der Waals surface area (Å²) in [7, 11) is 0. The van der Waals surface area contributed by atoms with Crippen molar-refractivity contribution in [2.45, 2.75) is 27.7 Å². The van der Waals surface area contributed by atoms with E-state index in [0.29, 0.717) is 17.8 Å². The van der Waals surface area contributed by atoms with Crippen LogP contribution in [0.25, 0.3) is 0 Å². The van der Waals surface area contributed by atoms with Gasteiger partial charge in [-0.25, -0.2) is 0 Å². The second-order valence-electron chi connectivity index (χ2n) is 6.21. The van der Waals surface area contributed by atoms with E-state index in [4.69, 9.17) is 5.73 Å². The van der Waals surface area contributed by atoms with Crippen molar-refractivity contribution in [3.05, 3.63) is 58.7 Å². The number of nitrogens with zero attached hydrogens (tertiary/aromatic N) is 1. The molecule has 5 nitrogen and oxygen atoms in total. The molecule has 0 heterocycles. The van der Waals surface area contributed by atoms with E-state index < -0.39 is 0 Å². The monoisotopic (exact) mass is 375 g/mol. The van der Waals surface area contributed by atoms with Gasteiger partial charge >= 0.3 is 0 Å². The quantitative estimate of drug-likeness (QED) is 0.782. The SMILES string of the molecule is CCN(CC(=O)Nc1c(C)cccc1C)C(=O)c1cc(N)ccc1C.Cl. The Morgan fingerprint density at radius 1 is 1.04 bits per heavy atom. The van der Waals surface area contributed by atoms with Gasteiger partial charge in [0.2, 0.25) is 5.91 Å². The van der Waals surface area contributed by atoms with Crippen LogP contribution in [0.1, 0.15) is 34.0 Å². The molecule has 0 radical (unpaired) electrons. The molecule has 0 spiro atoms. The molecule has 0 bridgehead atoms. The zero-order valence-corrected chi connectivity index (χ0v) is 16.4. The third kappa shape index (κ3) is 4.99. The lowest BCUT2D eigenvalue weighted by atomic mass is 10.1. The predicted octanol–water partition coefficient (Wildman–Crippen LogP) is 3.72. The van der Waals surface area contributed by atoms with E-state index >= 15 is 0 Å². The van der Waals surface area contributed by atoms with Crippen molar-refractivity contribution in [3.63, 3.8) is 0 Å². The standard InChI is InChI=1S/C20H25N3O2.ClH/c1-5-23(20(25)17-11-16(21)10-9-13(17)2)12-18(24)22-19-14(3)7-6-8-15(19)4;/h6-11H,5,12,21H2,1-4H3,(H,22,24);1H. The summed E-state index contributed by atoms with van der Waals surface area (Å²) in [4.78, 5) is 26.7.